The first kappa shape index (κ1) is 12.4. The molecule has 0 aliphatic carbocycles. The Morgan fingerprint density at radius 3 is 2.65 bits per heavy atom. The number of ether oxygens (including phenoxy) is 1. The van der Waals surface area contributed by atoms with Crippen molar-refractivity contribution in [3.05, 3.63) is 30.3 Å². The number of benzene rings is 1. The number of carbonyl (C=O) groups excluding carboxylic acids is 1. The lowest BCUT2D eigenvalue weighted by atomic mass is 10.2. The zero-order valence-electron chi connectivity index (χ0n) is 9.07. The van der Waals surface area contributed by atoms with Crippen LogP contribution in [0.15, 0.2) is 35.2 Å². The Labute approximate surface area is 102 Å². The van der Waals surface area contributed by atoms with Gasteiger partial charge >= 0.3 is 11.2 Å². The van der Waals surface area contributed by atoms with Crippen LogP contribution < -0.4 is 0 Å². The van der Waals surface area contributed by atoms with Gasteiger partial charge in [0.15, 0.2) is 0 Å². The van der Waals surface area contributed by atoms with Crippen molar-refractivity contribution in [2.75, 3.05) is 0 Å². The maximum Gasteiger partial charge on any atom is 0.306 e. The molecule has 17 heavy (non-hydrogen) atoms. The maximum atomic E-state index is 13.7. The fourth-order valence-corrected chi connectivity index (χ4v) is 2.60. The zero-order valence-corrected chi connectivity index (χ0v) is 9.88. The van der Waals surface area contributed by atoms with Crippen LogP contribution in [0.3, 0.4) is 0 Å². The first-order valence-electron chi connectivity index (χ1n) is 5.36. The van der Waals surface area contributed by atoms with Gasteiger partial charge in [-0.1, -0.05) is 30.0 Å². The lowest BCUT2D eigenvalue weighted by Crippen LogP contribution is -2.20. The maximum absolute atomic E-state index is 13.7. The normalized spacial score (nSPS) is 20.4. The van der Waals surface area contributed by atoms with Gasteiger partial charge in [0, 0.05) is 11.3 Å². The van der Waals surface area contributed by atoms with E-state index in [-0.39, 0.29) is 12.4 Å². The molecule has 0 N–H and O–H groups in total. The Balaban J connectivity index is 1.92. The molecule has 1 aromatic rings. The minimum Gasteiger partial charge on any atom is -0.462 e. The molecule has 0 amide bonds. The Kier molecular flexibility index (Phi) is 3.66. The highest BCUT2D eigenvalue weighted by molar-refractivity contribution is 8.00. The quantitative estimate of drug-likeness (QED) is 0.611. The first-order valence-corrected chi connectivity index (χ1v) is 6.18. The van der Waals surface area contributed by atoms with Crippen molar-refractivity contribution < 1.29 is 18.3 Å². The SMILES string of the molecule is O=C1CCC(CC(F)(F)Sc2ccccc2)O1. The Bertz CT molecular complexity index is 395. The summed E-state index contributed by atoms with van der Waals surface area (Å²) in [6.45, 7) is 0. The fourth-order valence-electron chi connectivity index (χ4n) is 1.69. The second-order valence-electron chi connectivity index (χ2n) is 3.91. The number of esters is 1. The molecule has 92 valence electrons. The molecule has 1 aliphatic heterocycles. The summed E-state index contributed by atoms with van der Waals surface area (Å²) in [4.78, 5) is 11.3. The van der Waals surface area contributed by atoms with E-state index in [1.807, 2.05) is 0 Å². The molecule has 1 heterocycles. The van der Waals surface area contributed by atoms with Crippen molar-refractivity contribution in [1.82, 2.24) is 0 Å². The van der Waals surface area contributed by atoms with Gasteiger partial charge in [-0.2, -0.15) is 8.78 Å². The first-order chi connectivity index (χ1) is 8.05. The number of hydrogen-bond donors (Lipinski definition) is 0. The largest absolute Gasteiger partial charge is 0.462 e. The van der Waals surface area contributed by atoms with Crippen molar-refractivity contribution in [3.63, 3.8) is 0 Å². The molecule has 0 aromatic heterocycles. The third-order valence-corrected chi connectivity index (χ3v) is 3.42. The lowest BCUT2D eigenvalue weighted by molar-refractivity contribution is -0.142. The highest BCUT2D eigenvalue weighted by Crippen LogP contribution is 2.41. The monoisotopic (exact) mass is 258 g/mol. The number of cyclic esters (lactones) is 1. The average molecular weight is 258 g/mol. The van der Waals surface area contributed by atoms with Gasteiger partial charge < -0.3 is 4.74 Å². The van der Waals surface area contributed by atoms with Crippen LogP contribution in [0.1, 0.15) is 19.3 Å². The second kappa shape index (κ2) is 5.04. The van der Waals surface area contributed by atoms with Gasteiger partial charge in [-0.15, -0.1) is 0 Å². The average Bonchev–Trinajstić information content (AvgIpc) is 2.63. The summed E-state index contributed by atoms with van der Waals surface area (Å²) < 4.78 is 32.1. The molecule has 1 unspecified atom stereocenters. The summed E-state index contributed by atoms with van der Waals surface area (Å²) in [5, 5.41) is -2.91. The number of rotatable bonds is 4. The Hall–Kier alpha value is -1.10. The van der Waals surface area contributed by atoms with Crippen LogP contribution in [0.2, 0.25) is 0 Å². The summed E-state index contributed by atoms with van der Waals surface area (Å²) in [6.07, 6.45) is -0.424. The summed E-state index contributed by atoms with van der Waals surface area (Å²) in [6, 6.07) is 8.49. The highest BCUT2D eigenvalue weighted by atomic mass is 32.2. The topological polar surface area (TPSA) is 26.3 Å². The van der Waals surface area contributed by atoms with E-state index in [2.05, 4.69) is 0 Å². The summed E-state index contributed by atoms with van der Waals surface area (Å²) in [5.41, 5.74) is 0. The fraction of sp³-hybridized carbons (Fsp3) is 0.417. The van der Waals surface area contributed by atoms with Gasteiger partial charge in [0.2, 0.25) is 0 Å². The number of halogens is 2. The highest BCUT2D eigenvalue weighted by Gasteiger charge is 2.37. The smallest absolute Gasteiger partial charge is 0.306 e. The van der Waals surface area contributed by atoms with Gasteiger partial charge in [0.1, 0.15) is 6.10 Å². The van der Waals surface area contributed by atoms with E-state index in [0.717, 1.165) is 0 Å². The van der Waals surface area contributed by atoms with Crippen molar-refractivity contribution in [3.8, 4) is 0 Å². The Morgan fingerprint density at radius 1 is 1.35 bits per heavy atom. The third kappa shape index (κ3) is 3.70. The van der Waals surface area contributed by atoms with E-state index >= 15 is 0 Å². The number of carbonyl (C=O) groups is 1. The van der Waals surface area contributed by atoms with Crippen LogP contribution in [0.4, 0.5) is 8.78 Å². The lowest BCUT2D eigenvalue weighted by Gasteiger charge is -2.18. The van der Waals surface area contributed by atoms with Gasteiger partial charge in [-0.3, -0.25) is 4.79 Å². The van der Waals surface area contributed by atoms with Gasteiger partial charge in [0.25, 0.3) is 0 Å². The minimum atomic E-state index is -2.91. The molecule has 5 heteroatoms. The third-order valence-electron chi connectivity index (χ3n) is 2.44. The molecule has 1 saturated heterocycles. The minimum absolute atomic E-state index is 0.247. The van der Waals surface area contributed by atoms with E-state index in [4.69, 9.17) is 4.74 Å². The predicted octanol–water partition coefficient (Wildman–Crippen LogP) is 3.47. The predicted molar refractivity (Wildman–Crippen MR) is 61.0 cm³/mol. The van der Waals surface area contributed by atoms with E-state index in [1.165, 1.54) is 0 Å². The van der Waals surface area contributed by atoms with Crippen LogP contribution in [-0.4, -0.2) is 17.3 Å². The number of hydrogen-bond acceptors (Lipinski definition) is 3. The van der Waals surface area contributed by atoms with Crippen LogP contribution in [0.25, 0.3) is 0 Å². The molecular weight excluding hydrogens is 246 g/mol. The number of alkyl halides is 2. The van der Waals surface area contributed by atoms with Crippen LogP contribution in [0.5, 0.6) is 0 Å². The van der Waals surface area contributed by atoms with Crippen molar-refractivity contribution in [1.29, 1.82) is 0 Å². The van der Waals surface area contributed by atoms with E-state index in [1.54, 1.807) is 30.3 Å². The molecule has 1 fully saturated rings. The molecule has 0 saturated carbocycles. The van der Waals surface area contributed by atoms with Crippen molar-refractivity contribution in [2.45, 2.75) is 35.5 Å². The molecule has 1 atom stereocenters. The molecule has 2 nitrogen and oxygen atoms in total. The summed E-state index contributed by atoms with van der Waals surface area (Å²) in [5.74, 6) is -0.379. The molecular formula is C12H12F2O2S. The van der Waals surface area contributed by atoms with E-state index in [0.29, 0.717) is 23.1 Å². The second-order valence-corrected chi connectivity index (χ2v) is 5.18. The van der Waals surface area contributed by atoms with Crippen LogP contribution in [0, 0.1) is 0 Å². The van der Waals surface area contributed by atoms with Gasteiger partial charge in [-0.05, 0) is 18.6 Å². The molecule has 0 spiro atoms. The molecule has 1 aromatic carbocycles. The summed E-state index contributed by atoms with van der Waals surface area (Å²) in [7, 11) is 0. The molecule has 0 radical (unpaired) electrons. The zero-order chi connectivity index (χ0) is 12.3. The molecule has 1 aliphatic rings. The van der Waals surface area contributed by atoms with E-state index in [9.17, 15) is 13.6 Å². The van der Waals surface area contributed by atoms with Crippen LogP contribution in [-0.2, 0) is 9.53 Å². The molecule has 0 bridgehead atoms. The van der Waals surface area contributed by atoms with Gasteiger partial charge in [0.05, 0.1) is 6.42 Å². The van der Waals surface area contributed by atoms with Crippen molar-refractivity contribution in [2.24, 2.45) is 0 Å². The van der Waals surface area contributed by atoms with Gasteiger partial charge in [-0.25, -0.2) is 0 Å². The van der Waals surface area contributed by atoms with Crippen LogP contribution >= 0.6 is 11.8 Å². The Morgan fingerprint density at radius 2 is 2.06 bits per heavy atom. The summed E-state index contributed by atoms with van der Waals surface area (Å²) >= 11 is 0.509. The standard InChI is InChI=1S/C12H12F2O2S/c13-12(14,8-9-6-7-11(15)16-9)17-10-4-2-1-3-5-10/h1-5,9H,6-8H2. The van der Waals surface area contributed by atoms with Crippen molar-refractivity contribution >= 4 is 17.7 Å². The molecule has 2 rings (SSSR count). The van der Waals surface area contributed by atoms with E-state index < -0.39 is 17.8 Å². The number of thioether (sulfide) groups is 1.